The van der Waals surface area contributed by atoms with Crippen LogP contribution < -0.4 is 4.74 Å². The molecule has 0 radical (unpaired) electrons. The van der Waals surface area contributed by atoms with Gasteiger partial charge < -0.3 is 9.84 Å². The standard InChI is InChI=1S/C15H22O3/c1-11-9-12(2)13(3)14(10-11)18-8-6-4-5-7-15(16)17/h9-10H,4-8H2,1-3H3,(H,16,17). The Balaban J connectivity index is 2.33. The van der Waals surface area contributed by atoms with Crippen LogP contribution in [0.15, 0.2) is 12.1 Å². The molecule has 1 aromatic carbocycles. The number of carboxylic acids is 1. The molecule has 0 spiro atoms. The number of rotatable bonds is 7. The van der Waals surface area contributed by atoms with Crippen LogP contribution >= 0.6 is 0 Å². The summed E-state index contributed by atoms with van der Waals surface area (Å²) in [6.07, 6.45) is 2.78. The molecule has 0 amide bonds. The third-order valence-electron chi connectivity index (χ3n) is 3.06. The molecular formula is C15H22O3. The Labute approximate surface area is 109 Å². The van der Waals surface area contributed by atoms with E-state index in [9.17, 15) is 4.79 Å². The lowest BCUT2D eigenvalue weighted by Crippen LogP contribution is -2.01. The van der Waals surface area contributed by atoms with Crippen LogP contribution in [0.3, 0.4) is 0 Å². The van der Waals surface area contributed by atoms with Gasteiger partial charge in [-0.1, -0.05) is 6.07 Å². The van der Waals surface area contributed by atoms with E-state index in [4.69, 9.17) is 9.84 Å². The smallest absolute Gasteiger partial charge is 0.303 e. The minimum absolute atomic E-state index is 0.253. The minimum atomic E-state index is -0.721. The van der Waals surface area contributed by atoms with Crippen molar-refractivity contribution in [3.05, 3.63) is 28.8 Å². The van der Waals surface area contributed by atoms with Crippen LogP contribution in [0.25, 0.3) is 0 Å². The van der Waals surface area contributed by atoms with Gasteiger partial charge in [0.15, 0.2) is 0 Å². The highest BCUT2D eigenvalue weighted by Gasteiger charge is 2.04. The maximum atomic E-state index is 10.3. The highest BCUT2D eigenvalue weighted by Crippen LogP contribution is 2.23. The van der Waals surface area contributed by atoms with Crippen molar-refractivity contribution >= 4 is 5.97 Å². The monoisotopic (exact) mass is 250 g/mol. The first-order chi connectivity index (χ1) is 8.50. The lowest BCUT2D eigenvalue weighted by molar-refractivity contribution is -0.137. The van der Waals surface area contributed by atoms with E-state index in [1.54, 1.807) is 0 Å². The Bertz CT molecular complexity index is 410. The third-order valence-corrected chi connectivity index (χ3v) is 3.06. The number of unbranched alkanes of at least 4 members (excludes halogenated alkanes) is 2. The Morgan fingerprint density at radius 2 is 1.89 bits per heavy atom. The molecule has 3 nitrogen and oxygen atoms in total. The SMILES string of the molecule is Cc1cc(C)c(C)c(OCCCCCC(=O)O)c1. The topological polar surface area (TPSA) is 46.5 Å². The number of hydrogen-bond donors (Lipinski definition) is 1. The summed E-state index contributed by atoms with van der Waals surface area (Å²) in [4.78, 5) is 10.3. The van der Waals surface area contributed by atoms with Gasteiger partial charge >= 0.3 is 5.97 Å². The summed E-state index contributed by atoms with van der Waals surface area (Å²) in [6, 6.07) is 4.20. The van der Waals surface area contributed by atoms with Gasteiger partial charge in [0.2, 0.25) is 0 Å². The van der Waals surface area contributed by atoms with Crippen molar-refractivity contribution in [2.24, 2.45) is 0 Å². The molecule has 18 heavy (non-hydrogen) atoms. The van der Waals surface area contributed by atoms with E-state index in [0.29, 0.717) is 6.61 Å². The lowest BCUT2D eigenvalue weighted by atomic mass is 10.1. The van der Waals surface area contributed by atoms with Gasteiger partial charge in [0.05, 0.1) is 6.61 Å². The fourth-order valence-electron chi connectivity index (χ4n) is 1.89. The van der Waals surface area contributed by atoms with Crippen molar-refractivity contribution in [3.63, 3.8) is 0 Å². The number of aliphatic carboxylic acids is 1. The zero-order valence-electron chi connectivity index (χ0n) is 11.5. The van der Waals surface area contributed by atoms with E-state index in [2.05, 4.69) is 32.9 Å². The van der Waals surface area contributed by atoms with E-state index in [-0.39, 0.29) is 6.42 Å². The minimum Gasteiger partial charge on any atom is -0.493 e. The second-order valence-corrected chi connectivity index (χ2v) is 4.76. The number of hydrogen-bond acceptors (Lipinski definition) is 2. The summed E-state index contributed by atoms with van der Waals surface area (Å²) in [5.41, 5.74) is 3.64. The Morgan fingerprint density at radius 1 is 1.17 bits per heavy atom. The molecule has 3 heteroatoms. The molecule has 1 N–H and O–H groups in total. The molecule has 0 heterocycles. The first kappa shape index (κ1) is 14.6. The lowest BCUT2D eigenvalue weighted by Gasteiger charge is -2.12. The second-order valence-electron chi connectivity index (χ2n) is 4.76. The Kier molecular flexibility index (Phi) is 5.69. The summed E-state index contributed by atoms with van der Waals surface area (Å²) in [6.45, 7) is 6.87. The number of ether oxygens (including phenoxy) is 1. The largest absolute Gasteiger partial charge is 0.493 e. The van der Waals surface area contributed by atoms with Crippen LogP contribution in [0, 0.1) is 20.8 Å². The molecule has 0 saturated heterocycles. The van der Waals surface area contributed by atoms with Crippen molar-refractivity contribution in [1.29, 1.82) is 0 Å². The summed E-state index contributed by atoms with van der Waals surface area (Å²) < 4.78 is 5.76. The highest BCUT2D eigenvalue weighted by atomic mass is 16.5. The Hall–Kier alpha value is -1.51. The van der Waals surface area contributed by atoms with Gasteiger partial charge in [-0.3, -0.25) is 4.79 Å². The number of carboxylic acid groups (broad SMARTS) is 1. The molecule has 0 aromatic heterocycles. The normalized spacial score (nSPS) is 10.4. The van der Waals surface area contributed by atoms with Gasteiger partial charge in [-0.2, -0.15) is 0 Å². The van der Waals surface area contributed by atoms with Gasteiger partial charge in [0, 0.05) is 6.42 Å². The molecule has 0 saturated carbocycles. The molecule has 0 aliphatic carbocycles. The Morgan fingerprint density at radius 3 is 2.56 bits per heavy atom. The van der Waals surface area contributed by atoms with Crippen LogP contribution in [0.2, 0.25) is 0 Å². The zero-order valence-corrected chi connectivity index (χ0v) is 11.5. The van der Waals surface area contributed by atoms with Crippen LogP contribution in [0.5, 0.6) is 5.75 Å². The van der Waals surface area contributed by atoms with Gasteiger partial charge in [0.1, 0.15) is 5.75 Å². The van der Waals surface area contributed by atoms with Gasteiger partial charge in [0.25, 0.3) is 0 Å². The first-order valence-electron chi connectivity index (χ1n) is 6.43. The quantitative estimate of drug-likeness (QED) is 0.751. The summed E-state index contributed by atoms with van der Waals surface area (Å²) in [7, 11) is 0. The highest BCUT2D eigenvalue weighted by molar-refractivity contribution is 5.66. The van der Waals surface area contributed by atoms with Gasteiger partial charge in [-0.25, -0.2) is 0 Å². The second kappa shape index (κ2) is 7.04. The molecule has 0 aliphatic rings. The number of aryl methyl sites for hydroxylation is 2. The molecule has 0 unspecified atom stereocenters. The van der Waals surface area contributed by atoms with Crippen molar-refractivity contribution in [2.75, 3.05) is 6.61 Å². The number of benzene rings is 1. The average molecular weight is 250 g/mol. The van der Waals surface area contributed by atoms with E-state index in [1.165, 1.54) is 16.7 Å². The number of carbonyl (C=O) groups is 1. The fraction of sp³-hybridized carbons (Fsp3) is 0.533. The predicted molar refractivity (Wildman–Crippen MR) is 72.3 cm³/mol. The zero-order chi connectivity index (χ0) is 13.5. The van der Waals surface area contributed by atoms with Gasteiger partial charge in [-0.15, -0.1) is 0 Å². The van der Waals surface area contributed by atoms with Gasteiger partial charge in [-0.05, 0) is 62.8 Å². The summed E-state index contributed by atoms with van der Waals surface area (Å²) in [5, 5.41) is 8.51. The third kappa shape index (κ3) is 4.78. The molecule has 0 bridgehead atoms. The molecule has 1 aromatic rings. The van der Waals surface area contributed by atoms with E-state index in [0.717, 1.165) is 25.0 Å². The molecular weight excluding hydrogens is 228 g/mol. The van der Waals surface area contributed by atoms with Crippen LogP contribution in [0.1, 0.15) is 42.4 Å². The predicted octanol–water partition coefficient (Wildman–Crippen LogP) is 3.64. The van der Waals surface area contributed by atoms with E-state index in [1.807, 2.05) is 0 Å². The average Bonchev–Trinajstić information content (AvgIpc) is 2.29. The maximum Gasteiger partial charge on any atom is 0.303 e. The molecule has 0 fully saturated rings. The van der Waals surface area contributed by atoms with Crippen molar-refractivity contribution < 1.29 is 14.6 Å². The van der Waals surface area contributed by atoms with Crippen molar-refractivity contribution in [2.45, 2.75) is 46.5 Å². The van der Waals surface area contributed by atoms with Crippen LogP contribution in [-0.2, 0) is 4.79 Å². The maximum absolute atomic E-state index is 10.3. The van der Waals surface area contributed by atoms with Crippen LogP contribution in [0.4, 0.5) is 0 Å². The van der Waals surface area contributed by atoms with Crippen LogP contribution in [-0.4, -0.2) is 17.7 Å². The fourth-order valence-corrected chi connectivity index (χ4v) is 1.89. The summed E-state index contributed by atoms with van der Waals surface area (Å²) in [5.74, 6) is 0.229. The van der Waals surface area contributed by atoms with Crippen molar-refractivity contribution in [3.8, 4) is 5.75 Å². The van der Waals surface area contributed by atoms with E-state index < -0.39 is 5.97 Å². The molecule has 1 rings (SSSR count). The first-order valence-corrected chi connectivity index (χ1v) is 6.43. The van der Waals surface area contributed by atoms with E-state index >= 15 is 0 Å². The molecule has 100 valence electrons. The molecule has 0 aliphatic heterocycles. The summed E-state index contributed by atoms with van der Waals surface area (Å²) >= 11 is 0. The van der Waals surface area contributed by atoms with Crippen molar-refractivity contribution in [1.82, 2.24) is 0 Å². The molecule has 0 atom stereocenters.